The van der Waals surface area contributed by atoms with E-state index in [-0.39, 0.29) is 24.1 Å². The summed E-state index contributed by atoms with van der Waals surface area (Å²) in [5.41, 5.74) is 3.27. The third-order valence-electron chi connectivity index (χ3n) is 6.53. The SMILES string of the molecule is CC(C)c1c(C(=O)CCc2ccc(F)c(F)c2)c2ccc(OC(=O)C(C)(C)C)cc2n1Cc1ccccc1. The molecule has 0 saturated heterocycles. The summed E-state index contributed by atoms with van der Waals surface area (Å²) in [5, 5.41) is 0.774. The largest absolute Gasteiger partial charge is 0.426 e. The Kier molecular flexibility index (Phi) is 7.81. The van der Waals surface area contributed by atoms with Gasteiger partial charge in [0.05, 0.1) is 10.9 Å². The molecule has 0 bridgehead atoms. The molecular weight excluding hydrogens is 484 g/mol. The molecule has 38 heavy (non-hydrogen) atoms. The molecule has 0 aliphatic carbocycles. The van der Waals surface area contributed by atoms with Gasteiger partial charge in [0.15, 0.2) is 17.4 Å². The smallest absolute Gasteiger partial charge is 0.316 e. The van der Waals surface area contributed by atoms with E-state index >= 15 is 0 Å². The van der Waals surface area contributed by atoms with Crippen LogP contribution in [0.4, 0.5) is 8.78 Å². The van der Waals surface area contributed by atoms with Gasteiger partial charge in [-0.2, -0.15) is 0 Å². The summed E-state index contributed by atoms with van der Waals surface area (Å²) < 4.78 is 34.9. The van der Waals surface area contributed by atoms with Crippen LogP contribution < -0.4 is 4.74 Å². The van der Waals surface area contributed by atoms with E-state index in [1.54, 1.807) is 26.8 Å². The Labute approximate surface area is 222 Å². The molecule has 198 valence electrons. The van der Waals surface area contributed by atoms with E-state index in [2.05, 4.69) is 4.57 Å². The fourth-order valence-corrected chi connectivity index (χ4v) is 4.58. The monoisotopic (exact) mass is 517 g/mol. The number of benzene rings is 3. The molecule has 0 atom stereocenters. The number of hydrogen-bond donors (Lipinski definition) is 0. The van der Waals surface area contributed by atoms with Gasteiger partial charge in [0.1, 0.15) is 5.75 Å². The number of Topliss-reactive ketones (excluding diaryl/α,β-unsaturated/α-hetero) is 1. The number of aryl methyl sites for hydroxylation is 1. The quantitative estimate of drug-likeness (QED) is 0.136. The summed E-state index contributed by atoms with van der Waals surface area (Å²) >= 11 is 0. The highest BCUT2D eigenvalue weighted by Gasteiger charge is 2.27. The number of halogens is 2. The van der Waals surface area contributed by atoms with Crippen LogP contribution in [0, 0.1) is 17.0 Å². The second kappa shape index (κ2) is 10.9. The molecule has 1 heterocycles. The molecule has 4 aromatic rings. The van der Waals surface area contributed by atoms with E-state index in [4.69, 9.17) is 4.74 Å². The van der Waals surface area contributed by atoms with Gasteiger partial charge in [0.2, 0.25) is 0 Å². The first kappa shape index (κ1) is 27.2. The number of hydrogen-bond acceptors (Lipinski definition) is 3. The van der Waals surface area contributed by atoms with E-state index in [1.165, 1.54) is 6.07 Å². The van der Waals surface area contributed by atoms with Crippen LogP contribution in [0.25, 0.3) is 10.9 Å². The molecular formula is C32H33F2NO3. The summed E-state index contributed by atoms with van der Waals surface area (Å²) in [6, 6.07) is 19.1. The Bertz CT molecular complexity index is 1480. The number of ether oxygens (including phenoxy) is 1. The first-order valence-electron chi connectivity index (χ1n) is 12.8. The summed E-state index contributed by atoms with van der Waals surface area (Å²) in [5.74, 6) is -1.81. The van der Waals surface area contributed by atoms with E-state index in [9.17, 15) is 18.4 Å². The van der Waals surface area contributed by atoms with Gasteiger partial charge in [-0.25, -0.2) is 8.78 Å². The molecule has 4 nitrogen and oxygen atoms in total. The maximum atomic E-state index is 13.7. The molecule has 0 unspecified atom stereocenters. The number of ketones is 1. The molecule has 0 aliphatic rings. The Morgan fingerprint density at radius 3 is 2.24 bits per heavy atom. The minimum atomic E-state index is -0.922. The van der Waals surface area contributed by atoms with Crippen molar-refractivity contribution in [3.05, 3.63) is 101 Å². The van der Waals surface area contributed by atoms with Crippen molar-refractivity contribution in [2.75, 3.05) is 0 Å². The highest BCUT2D eigenvalue weighted by Crippen LogP contribution is 2.36. The number of carbonyl (C=O) groups is 2. The molecule has 0 amide bonds. The summed E-state index contributed by atoms with van der Waals surface area (Å²) in [4.78, 5) is 26.3. The second-order valence-electron chi connectivity index (χ2n) is 11.0. The van der Waals surface area contributed by atoms with Crippen molar-refractivity contribution in [2.45, 2.75) is 59.9 Å². The summed E-state index contributed by atoms with van der Waals surface area (Å²) in [6.45, 7) is 10.0. The zero-order chi connectivity index (χ0) is 27.6. The van der Waals surface area contributed by atoms with E-state index in [0.717, 1.165) is 34.3 Å². The van der Waals surface area contributed by atoms with Crippen molar-refractivity contribution in [1.82, 2.24) is 4.57 Å². The minimum Gasteiger partial charge on any atom is -0.426 e. The van der Waals surface area contributed by atoms with Gasteiger partial charge >= 0.3 is 5.97 Å². The van der Waals surface area contributed by atoms with Crippen molar-refractivity contribution in [2.24, 2.45) is 5.41 Å². The van der Waals surface area contributed by atoms with E-state index in [0.29, 0.717) is 29.8 Å². The number of esters is 1. The fraction of sp³-hybridized carbons (Fsp3) is 0.312. The van der Waals surface area contributed by atoms with Crippen LogP contribution in [0.15, 0.2) is 66.7 Å². The summed E-state index contributed by atoms with van der Waals surface area (Å²) in [7, 11) is 0. The van der Waals surface area contributed by atoms with Gasteiger partial charge in [0, 0.05) is 35.7 Å². The lowest BCUT2D eigenvalue weighted by atomic mass is 9.96. The Balaban J connectivity index is 1.79. The van der Waals surface area contributed by atoms with Crippen LogP contribution in [-0.4, -0.2) is 16.3 Å². The predicted octanol–water partition coefficient (Wildman–Crippen LogP) is 7.86. The zero-order valence-electron chi connectivity index (χ0n) is 22.5. The topological polar surface area (TPSA) is 48.3 Å². The molecule has 0 N–H and O–H groups in total. The maximum absolute atomic E-state index is 13.7. The molecule has 0 aliphatic heterocycles. The van der Waals surface area contributed by atoms with Crippen molar-refractivity contribution in [3.8, 4) is 5.75 Å². The first-order valence-corrected chi connectivity index (χ1v) is 12.8. The average molecular weight is 518 g/mol. The van der Waals surface area contributed by atoms with E-state index in [1.807, 2.05) is 56.3 Å². The zero-order valence-corrected chi connectivity index (χ0v) is 22.5. The molecule has 3 aromatic carbocycles. The molecule has 4 rings (SSSR count). The van der Waals surface area contributed by atoms with Crippen LogP contribution in [0.3, 0.4) is 0 Å². The van der Waals surface area contributed by atoms with Gasteiger partial charge in [-0.15, -0.1) is 0 Å². The Hall–Kier alpha value is -3.80. The van der Waals surface area contributed by atoms with Crippen molar-refractivity contribution >= 4 is 22.7 Å². The van der Waals surface area contributed by atoms with Crippen LogP contribution in [0.1, 0.15) is 74.1 Å². The third kappa shape index (κ3) is 5.85. The lowest BCUT2D eigenvalue weighted by Gasteiger charge is -2.17. The van der Waals surface area contributed by atoms with Gasteiger partial charge in [-0.1, -0.05) is 50.2 Å². The number of aromatic nitrogens is 1. The lowest BCUT2D eigenvalue weighted by molar-refractivity contribution is -0.142. The average Bonchev–Trinajstić information content (AvgIpc) is 3.18. The first-order chi connectivity index (χ1) is 18.0. The normalized spacial score (nSPS) is 11.8. The van der Waals surface area contributed by atoms with Crippen LogP contribution in [0.2, 0.25) is 0 Å². The second-order valence-corrected chi connectivity index (χ2v) is 11.0. The minimum absolute atomic E-state index is 0.0221. The van der Waals surface area contributed by atoms with E-state index < -0.39 is 17.0 Å². The third-order valence-corrected chi connectivity index (χ3v) is 6.53. The highest BCUT2D eigenvalue weighted by atomic mass is 19.2. The lowest BCUT2D eigenvalue weighted by Crippen LogP contribution is -2.25. The van der Waals surface area contributed by atoms with Crippen molar-refractivity contribution < 1.29 is 23.1 Å². The maximum Gasteiger partial charge on any atom is 0.316 e. The van der Waals surface area contributed by atoms with Crippen LogP contribution in [0.5, 0.6) is 5.75 Å². The van der Waals surface area contributed by atoms with Crippen molar-refractivity contribution in [1.29, 1.82) is 0 Å². The molecule has 6 heteroatoms. The van der Waals surface area contributed by atoms with Gasteiger partial charge in [0.25, 0.3) is 0 Å². The fourth-order valence-electron chi connectivity index (χ4n) is 4.58. The predicted molar refractivity (Wildman–Crippen MR) is 146 cm³/mol. The van der Waals surface area contributed by atoms with Gasteiger partial charge in [-0.05, 0) is 68.5 Å². The number of fused-ring (bicyclic) bond motifs is 1. The molecule has 0 spiro atoms. The molecule has 0 saturated carbocycles. The Morgan fingerprint density at radius 1 is 0.895 bits per heavy atom. The van der Waals surface area contributed by atoms with Crippen LogP contribution >= 0.6 is 0 Å². The molecule has 0 fully saturated rings. The van der Waals surface area contributed by atoms with Gasteiger partial charge in [-0.3, -0.25) is 9.59 Å². The van der Waals surface area contributed by atoms with Crippen molar-refractivity contribution in [3.63, 3.8) is 0 Å². The number of carbonyl (C=O) groups excluding carboxylic acids is 2. The Morgan fingerprint density at radius 2 is 1.61 bits per heavy atom. The standard InChI is InChI=1S/C32H33F2NO3/c1-20(2)30-29(28(36)16-12-21-11-15-25(33)26(34)17-21)24-14-13-23(38-31(37)32(3,4)5)18-27(24)35(30)19-22-9-7-6-8-10-22/h6-11,13-15,17-18,20H,12,16,19H2,1-5H3. The van der Waals surface area contributed by atoms with Gasteiger partial charge < -0.3 is 9.30 Å². The van der Waals surface area contributed by atoms with Crippen LogP contribution in [-0.2, 0) is 17.8 Å². The molecule has 1 aromatic heterocycles. The summed E-state index contributed by atoms with van der Waals surface area (Å²) in [6.07, 6.45) is 0.441. The molecule has 0 radical (unpaired) electrons. The number of rotatable bonds is 8. The number of nitrogens with zero attached hydrogens (tertiary/aromatic N) is 1. The highest BCUT2D eigenvalue weighted by molar-refractivity contribution is 6.10.